The van der Waals surface area contributed by atoms with Gasteiger partial charge in [-0.2, -0.15) is 5.10 Å². The summed E-state index contributed by atoms with van der Waals surface area (Å²) in [6.07, 6.45) is 2.03. The largest absolute Gasteiger partial charge is 0.497 e. The average molecular weight is 496 g/mol. The van der Waals surface area contributed by atoms with Gasteiger partial charge in [-0.15, -0.1) is 0 Å². The Labute approximate surface area is 214 Å². The van der Waals surface area contributed by atoms with Gasteiger partial charge in [0.05, 0.1) is 25.1 Å². The van der Waals surface area contributed by atoms with E-state index in [-0.39, 0.29) is 30.2 Å². The number of ether oxygens (including phenoxy) is 2. The molecule has 8 nitrogen and oxygen atoms in total. The van der Waals surface area contributed by atoms with Crippen molar-refractivity contribution in [2.24, 2.45) is 5.10 Å². The topological polar surface area (TPSA) is 93.4 Å². The predicted octanol–water partition coefficient (Wildman–Crippen LogP) is 5.30. The van der Waals surface area contributed by atoms with Gasteiger partial charge in [-0.05, 0) is 59.7 Å². The van der Waals surface area contributed by atoms with Crippen molar-refractivity contribution in [1.29, 1.82) is 0 Å². The number of rotatable bonds is 8. The molecule has 37 heavy (non-hydrogen) atoms. The van der Waals surface area contributed by atoms with Crippen LogP contribution < -0.4 is 14.8 Å². The number of carbonyl (C=O) groups excluding carboxylic acids is 2. The van der Waals surface area contributed by atoms with Gasteiger partial charge in [0, 0.05) is 12.1 Å². The van der Waals surface area contributed by atoms with Gasteiger partial charge < -0.3 is 19.2 Å². The Morgan fingerprint density at radius 1 is 0.946 bits per heavy atom. The quantitative estimate of drug-likeness (QED) is 0.358. The summed E-state index contributed by atoms with van der Waals surface area (Å²) in [7, 11) is 1.62. The molecule has 1 N–H and O–H groups in total. The summed E-state index contributed by atoms with van der Waals surface area (Å²) in [5.41, 5.74) is 3.35. The lowest BCUT2D eigenvalue weighted by molar-refractivity contribution is -0.135. The molecule has 5 rings (SSSR count). The van der Waals surface area contributed by atoms with E-state index in [1.165, 1.54) is 11.3 Å². The summed E-state index contributed by atoms with van der Waals surface area (Å²) in [5.74, 6) is 0.854. The highest BCUT2D eigenvalue weighted by Gasteiger charge is 2.33. The van der Waals surface area contributed by atoms with Gasteiger partial charge in [-0.1, -0.05) is 42.5 Å². The fourth-order valence-electron chi connectivity index (χ4n) is 4.08. The minimum Gasteiger partial charge on any atom is -0.497 e. The highest BCUT2D eigenvalue weighted by Crippen LogP contribution is 2.33. The molecule has 0 fully saturated rings. The molecule has 1 aliphatic heterocycles. The van der Waals surface area contributed by atoms with Crippen LogP contribution in [0.4, 0.5) is 5.69 Å². The van der Waals surface area contributed by atoms with Crippen molar-refractivity contribution < 1.29 is 23.5 Å². The van der Waals surface area contributed by atoms with Gasteiger partial charge in [0.2, 0.25) is 0 Å². The number of amides is 2. The van der Waals surface area contributed by atoms with Crippen molar-refractivity contribution >= 4 is 23.2 Å². The Bertz CT molecular complexity index is 1380. The molecule has 2 heterocycles. The van der Waals surface area contributed by atoms with Crippen LogP contribution in [-0.4, -0.2) is 36.3 Å². The lowest BCUT2D eigenvalue weighted by Crippen LogP contribution is -2.31. The zero-order valence-corrected chi connectivity index (χ0v) is 20.2. The number of furan rings is 1. The van der Waals surface area contributed by atoms with Crippen molar-refractivity contribution in [3.05, 3.63) is 114 Å². The van der Waals surface area contributed by atoms with Crippen molar-refractivity contribution in [1.82, 2.24) is 5.01 Å². The highest BCUT2D eigenvalue weighted by atomic mass is 16.5. The second-order valence-corrected chi connectivity index (χ2v) is 8.39. The van der Waals surface area contributed by atoms with E-state index in [9.17, 15) is 9.59 Å². The molecular weight excluding hydrogens is 470 g/mol. The third kappa shape index (κ3) is 5.54. The van der Waals surface area contributed by atoms with Crippen LogP contribution in [0.2, 0.25) is 0 Å². The monoisotopic (exact) mass is 495 g/mol. The maximum Gasteiger partial charge on any atom is 0.291 e. The van der Waals surface area contributed by atoms with Crippen molar-refractivity contribution in [2.75, 3.05) is 19.0 Å². The Morgan fingerprint density at radius 3 is 2.35 bits per heavy atom. The molecule has 0 aliphatic carbocycles. The zero-order chi connectivity index (χ0) is 25.6. The molecule has 1 aromatic heterocycles. The molecule has 0 saturated carbocycles. The molecular formula is C29H25N3O5. The number of nitrogens with zero attached hydrogens (tertiary/aromatic N) is 2. The summed E-state index contributed by atoms with van der Waals surface area (Å²) < 4.78 is 16.1. The fraction of sp³-hybridized carbons (Fsp3) is 0.138. The SMILES string of the molecule is COc1ccc([C@H]2CC(c3ccccc3)=NN2C(=O)COc2ccc(NC(=O)c3ccco3)cc2)cc1. The predicted molar refractivity (Wildman–Crippen MR) is 139 cm³/mol. The molecule has 0 unspecified atom stereocenters. The van der Waals surface area contributed by atoms with Crippen LogP contribution >= 0.6 is 0 Å². The smallest absolute Gasteiger partial charge is 0.291 e. The number of hydrogen-bond acceptors (Lipinski definition) is 6. The first-order valence-electron chi connectivity index (χ1n) is 11.8. The number of methoxy groups -OCH3 is 1. The average Bonchev–Trinajstić information content (AvgIpc) is 3.64. The van der Waals surface area contributed by atoms with E-state index in [0.717, 1.165) is 22.6 Å². The first-order chi connectivity index (χ1) is 18.1. The summed E-state index contributed by atoms with van der Waals surface area (Å²) in [5, 5.41) is 8.92. The normalized spacial score (nSPS) is 14.7. The summed E-state index contributed by atoms with van der Waals surface area (Å²) >= 11 is 0. The lowest BCUT2D eigenvalue weighted by Gasteiger charge is -2.22. The number of hydrazone groups is 1. The minimum absolute atomic E-state index is 0.184. The molecule has 186 valence electrons. The fourth-order valence-corrected chi connectivity index (χ4v) is 4.08. The lowest BCUT2D eigenvalue weighted by atomic mass is 9.98. The van der Waals surface area contributed by atoms with Crippen LogP contribution in [0.1, 0.15) is 34.1 Å². The van der Waals surface area contributed by atoms with Crippen LogP contribution in [0, 0.1) is 0 Å². The van der Waals surface area contributed by atoms with Crippen LogP contribution in [-0.2, 0) is 4.79 Å². The molecule has 3 aromatic carbocycles. The Morgan fingerprint density at radius 2 is 1.68 bits per heavy atom. The minimum atomic E-state index is -0.348. The molecule has 8 heteroatoms. The van der Waals surface area contributed by atoms with Crippen LogP contribution in [0.5, 0.6) is 11.5 Å². The molecule has 0 spiro atoms. The van der Waals surface area contributed by atoms with Gasteiger partial charge in [0.15, 0.2) is 12.4 Å². The highest BCUT2D eigenvalue weighted by molar-refractivity contribution is 6.03. The van der Waals surface area contributed by atoms with Gasteiger partial charge in [0.1, 0.15) is 11.5 Å². The molecule has 1 aliphatic rings. The van der Waals surface area contributed by atoms with Crippen molar-refractivity contribution in [3.8, 4) is 11.5 Å². The summed E-state index contributed by atoms with van der Waals surface area (Å²) in [6, 6.07) is 27.2. The maximum atomic E-state index is 13.2. The first-order valence-corrected chi connectivity index (χ1v) is 11.8. The zero-order valence-electron chi connectivity index (χ0n) is 20.2. The Kier molecular flexibility index (Phi) is 6.98. The van der Waals surface area contributed by atoms with Gasteiger partial charge >= 0.3 is 0 Å². The third-order valence-corrected chi connectivity index (χ3v) is 5.99. The van der Waals surface area contributed by atoms with E-state index in [1.807, 2.05) is 54.6 Å². The summed E-state index contributed by atoms with van der Waals surface area (Å²) in [6.45, 7) is -0.184. The molecule has 0 saturated heterocycles. The van der Waals surface area contributed by atoms with Crippen LogP contribution in [0.25, 0.3) is 0 Å². The van der Waals surface area contributed by atoms with Crippen LogP contribution in [0.15, 0.2) is 107 Å². The standard InChI is InChI=1S/C29H25N3O5/c1-35-23-13-9-21(10-14-23)26-18-25(20-6-3-2-4-7-20)31-32(26)28(33)19-37-24-15-11-22(12-16-24)30-29(34)27-8-5-17-36-27/h2-17,26H,18-19H2,1H3,(H,30,34)/t26-/m1/s1. The van der Waals surface area contributed by atoms with Crippen LogP contribution in [0.3, 0.4) is 0 Å². The second kappa shape index (κ2) is 10.8. The number of benzene rings is 3. The van der Waals surface area contributed by atoms with E-state index in [2.05, 4.69) is 10.4 Å². The van der Waals surface area contributed by atoms with Crippen molar-refractivity contribution in [3.63, 3.8) is 0 Å². The molecule has 1 atom stereocenters. The van der Waals surface area contributed by atoms with Gasteiger partial charge in [0.25, 0.3) is 11.8 Å². The van der Waals surface area contributed by atoms with E-state index >= 15 is 0 Å². The Balaban J connectivity index is 1.27. The number of anilines is 1. The van der Waals surface area contributed by atoms with E-state index < -0.39 is 0 Å². The Hall–Kier alpha value is -4.85. The second-order valence-electron chi connectivity index (χ2n) is 8.39. The van der Waals surface area contributed by atoms with Gasteiger partial charge in [-0.25, -0.2) is 5.01 Å². The van der Waals surface area contributed by atoms with Crippen molar-refractivity contribution in [2.45, 2.75) is 12.5 Å². The van der Waals surface area contributed by atoms with E-state index in [0.29, 0.717) is 17.9 Å². The molecule has 4 aromatic rings. The number of hydrogen-bond donors (Lipinski definition) is 1. The summed E-state index contributed by atoms with van der Waals surface area (Å²) in [4.78, 5) is 25.4. The van der Waals surface area contributed by atoms with E-state index in [4.69, 9.17) is 13.9 Å². The van der Waals surface area contributed by atoms with Gasteiger partial charge in [-0.3, -0.25) is 9.59 Å². The molecule has 2 amide bonds. The molecule has 0 bridgehead atoms. The molecule has 0 radical (unpaired) electrons. The maximum absolute atomic E-state index is 13.2. The number of nitrogens with one attached hydrogen (secondary N) is 1. The number of carbonyl (C=O) groups is 2. The first kappa shape index (κ1) is 23.9. The third-order valence-electron chi connectivity index (χ3n) is 5.99. The van der Waals surface area contributed by atoms with E-state index in [1.54, 1.807) is 43.5 Å².